The zero-order valence-electron chi connectivity index (χ0n) is 12.2. The lowest BCUT2D eigenvalue weighted by Crippen LogP contribution is -2.21. The third-order valence-electron chi connectivity index (χ3n) is 3.79. The molecule has 0 saturated carbocycles. The van der Waals surface area contributed by atoms with Crippen LogP contribution in [0.2, 0.25) is 0 Å². The van der Waals surface area contributed by atoms with Gasteiger partial charge in [-0.1, -0.05) is 29.8 Å². The number of aryl methyl sites for hydroxylation is 1. The number of hydrogen-bond acceptors (Lipinski definition) is 3. The van der Waals surface area contributed by atoms with Gasteiger partial charge in [-0.25, -0.2) is 0 Å². The first kappa shape index (κ1) is 14.3. The van der Waals surface area contributed by atoms with Gasteiger partial charge in [0.15, 0.2) is 0 Å². The summed E-state index contributed by atoms with van der Waals surface area (Å²) < 4.78 is 0. The number of rotatable bonds is 4. The first-order valence-corrected chi connectivity index (χ1v) is 8.21. The molecule has 0 radical (unpaired) electrons. The molecule has 0 unspecified atom stereocenters. The maximum Gasteiger partial charge on any atom is 0.261 e. The number of amides is 1. The van der Waals surface area contributed by atoms with Gasteiger partial charge in [0.25, 0.3) is 5.91 Å². The minimum absolute atomic E-state index is 0.0192. The molecule has 3 nitrogen and oxygen atoms in total. The highest BCUT2D eigenvalue weighted by atomic mass is 32.1. The van der Waals surface area contributed by atoms with E-state index in [1.165, 1.54) is 23.3 Å². The topological polar surface area (TPSA) is 41.1 Å². The van der Waals surface area contributed by atoms with E-state index in [-0.39, 0.29) is 5.91 Å². The predicted octanol–water partition coefficient (Wildman–Crippen LogP) is 3.41. The first-order valence-electron chi connectivity index (χ1n) is 7.39. The minimum atomic E-state index is 0.0192. The Balaban J connectivity index is 1.60. The van der Waals surface area contributed by atoms with Gasteiger partial charge in [-0.2, -0.15) is 0 Å². The predicted molar refractivity (Wildman–Crippen MR) is 86.6 cm³/mol. The van der Waals surface area contributed by atoms with Crippen molar-refractivity contribution in [3.8, 4) is 0 Å². The molecule has 1 amide bonds. The molecule has 1 aliphatic rings. The molecule has 2 aromatic rings. The molecule has 2 heterocycles. The van der Waals surface area contributed by atoms with Crippen molar-refractivity contribution in [2.75, 3.05) is 6.54 Å². The van der Waals surface area contributed by atoms with Crippen molar-refractivity contribution in [3.05, 3.63) is 57.3 Å². The summed E-state index contributed by atoms with van der Waals surface area (Å²) in [6, 6.07) is 12.7. The van der Waals surface area contributed by atoms with E-state index in [1.807, 2.05) is 18.2 Å². The van der Waals surface area contributed by atoms with Crippen LogP contribution in [0.15, 0.2) is 36.4 Å². The summed E-state index contributed by atoms with van der Waals surface area (Å²) in [5, 5.41) is 6.47. The molecular formula is C17H20N2OS. The van der Waals surface area contributed by atoms with E-state index in [1.54, 1.807) is 11.3 Å². The van der Waals surface area contributed by atoms with E-state index in [2.05, 4.69) is 35.8 Å². The Hall–Kier alpha value is -1.65. The number of benzene rings is 1. The number of hydrogen-bond donors (Lipinski definition) is 2. The molecule has 0 aliphatic carbocycles. The van der Waals surface area contributed by atoms with Crippen LogP contribution in [0.1, 0.15) is 44.6 Å². The van der Waals surface area contributed by atoms with Gasteiger partial charge in [0.2, 0.25) is 0 Å². The first-order chi connectivity index (χ1) is 10.2. The molecule has 110 valence electrons. The van der Waals surface area contributed by atoms with Gasteiger partial charge >= 0.3 is 0 Å². The lowest BCUT2D eigenvalue weighted by Gasteiger charge is -2.06. The largest absolute Gasteiger partial charge is 0.347 e. The van der Waals surface area contributed by atoms with Gasteiger partial charge in [-0.15, -0.1) is 11.3 Å². The van der Waals surface area contributed by atoms with Crippen LogP contribution in [0, 0.1) is 6.92 Å². The number of nitrogens with one attached hydrogen (secondary N) is 2. The van der Waals surface area contributed by atoms with E-state index >= 15 is 0 Å². The Labute approximate surface area is 129 Å². The monoisotopic (exact) mass is 300 g/mol. The highest BCUT2D eigenvalue weighted by Gasteiger charge is 2.19. The maximum absolute atomic E-state index is 12.2. The summed E-state index contributed by atoms with van der Waals surface area (Å²) in [5.41, 5.74) is 2.35. The SMILES string of the molecule is Cc1cccc(CNC(=O)c2ccc([C@@H]3CCCN3)s2)c1. The molecule has 4 heteroatoms. The fourth-order valence-electron chi connectivity index (χ4n) is 2.68. The summed E-state index contributed by atoms with van der Waals surface area (Å²) in [6.45, 7) is 3.72. The molecule has 2 N–H and O–H groups in total. The van der Waals surface area contributed by atoms with Gasteiger partial charge < -0.3 is 10.6 Å². The number of carbonyl (C=O) groups is 1. The molecule has 0 spiro atoms. The van der Waals surface area contributed by atoms with Gasteiger partial charge in [-0.3, -0.25) is 4.79 Å². The maximum atomic E-state index is 12.2. The lowest BCUT2D eigenvalue weighted by atomic mass is 10.1. The fourth-order valence-corrected chi connectivity index (χ4v) is 3.72. The summed E-state index contributed by atoms with van der Waals surface area (Å²) in [5.74, 6) is 0.0192. The minimum Gasteiger partial charge on any atom is -0.347 e. The van der Waals surface area contributed by atoms with Crippen molar-refractivity contribution in [1.29, 1.82) is 0 Å². The Kier molecular flexibility index (Phi) is 4.36. The van der Waals surface area contributed by atoms with Crippen molar-refractivity contribution in [2.24, 2.45) is 0 Å². The molecule has 1 fully saturated rings. The molecule has 1 saturated heterocycles. The second kappa shape index (κ2) is 6.41. The summed E-state index contributed by atoms with van der Waals surface area (Å²) >= 11 is 1.60. The van der Waals surface area contributed by atoms with Crippen LogP contribution in [0.25, 0.3) is 0 Å². The smallest absolute Gasteiger partial charge is 0.261 e. The van der Waals surface area contributed by atoms with E-state index in [4.69, 9.17) is 0 Å². The van der Waals surface area contributed by atoms with Crippen molar-refractivity contribution in [1.82, 2.24) is 10.6 Å². The second-order valence-corrected chi connectivity index (χ2v) is 6.64. The van der Waals surface area contributed by atoms with Crippen molar-refractivity contribution >= 4 is 17.2 Å². The van der Waals surface area contributed by atoms with Gasteiger partial charge in [0.05, 0.1) is 4.88 Å². The Morgan fingerprint density at radius 1 is 1.38 bits per heavy atom. The molecule has 1 atom stereocenters. The van der Waals surface area contributed by atoms with Crippen LogP contribution >= 0.6 is 11.3 Å². The van der Waals surface area contributed by atoms with Crippen molar-refractivity contribution in [2.45, 2.75) is 32.4 Å². The summed E-state index contributed by atoms with van der Waals surface area (Å²) in [6.07, 6.45) is 2.39. The third-order valence-corrected chi connectivity index (χ3v) is 4.99. The fraction of sp³-hybridized carbons (Fsp3) is 0.353. The zero-order valence-corrected chi connectivity index (χ0v) is 13.0. The van der Waals surface area contributed by atoms with Crippen LogP contribution in [0.4, 0.5) is 0 Å². The van der Waals surface area contributed by atoms with Gasteiger partial charge in [-0.05, 0) is 44.0 Å². The number of thiophene rings is 1. The van der Waals surface area contributed by atoms with Crippen molar-refractivity contribution < 1.29 is 4.79 Å². The van der Waals surface area contributed by atoms with E-state index in [0.717, 1.165) is 17.0 Å². The molecular weight excluding hydrogens is 280 g/mol. The van der Waals surface area contributed by atoms with Crippen LogP contribution < -0.4 is 10.6 Å². The summed E-state index contributed by atoms with van der Waals surface area (Å²) in [7, 11) is 0. The van der Waals surface area contributed by atoms with Crippen LogP contribution in [-0.4, -0.2) is 12.5 Å². The van der Waals surface area contributed by atoms with Crippen molar-refractivity contribution in [3.63, 3.8) is 0 Å². The molecule has 1 aliphatic heterocycles. The van der Waals surface area contributed by atoms with E-state index < -0.39 is 0 Å². The molecule has 0 bridgehead atoms. The normalized spacial score (nSPS) is 17.9. The number of carbonyl (C=O) groups excluding carboxylic acids is 1. The van der Waals surface area contributed by atoms with Gasteiger partial charge in [0, 0.05) is 17.5 Å². The van der Waals surface area contributed by atoms with Crippen LogP contribution in [0.3, 0.4) is 0 Å². The quantitative estimate of drug-likeness (QED) is 0.908. The molecule has 21 heavy (non-hydrogen) atoms. The molecule has 1 aromatic carbocycles. The average molecular weight is 300 g/mol. The van der Waals surface area contributed by atoms with Gasteiger partial charge in [0.1, 0.15) is 0 Å². The van der Waals surface area contributed by atoms with Crippen LogP contribution in [-0.2, 0) is 6.54 Å². The standard InChI is InChI=1S/C17H20N2OS/c1-12-4-2-5-13(10-12)11-19-17(20)16-8-7-15(21-16)14-6-3-9-18-14/h2,4-5,7-8,10,14,18H,3,6,9,11H2,1H3,(H,19,20)/t14-/m0/s1. The van der Waals surface area contributed by atoms with E-state index in [9.17, 15) is 4.79 Å². The Morgan fingerprint density at radius 3 is 3.05 bits per heavy atom. The Bertz CT molecular complexity index is 629. The second-order valence-electron chi connectivity index (χ2n) is 5.52. The zero-order chi connectivity index (χ0) is 14.7. The molecule has 1 aromatic heterocycles. The average Bonchev–Trinajstić information content (AvgIpc) is 3.15. The highest BCUT2D eigenvalue weighted by molar-refractivity contribution is 7.14. The summed E-state index contributed by atoms with van der Waals surface area (Å²) in [4.78, 5) is 14.3. The van der Waals surface area contributed by atoms with E-state index in [0.29, 0.717) is 12.6 Å². The third kappa shape index (κ3) is 3.52. The Morgan fingerprint density at radius 2 is 2.29 bits per heavy atom. The lowest BCUT2D eigenvalue weighted by molar-refractivity contribution is 0.0955. The van der Waals surface area contributed by atoms with Crippen LogP contribution in [0.5, 0.6) is 0 Å². The molecule has 3 rings (SSSR count). The highest BCUT2D eigenvalue weighted by Crippen LogP contribution is 2.29.